The van der Waals surface area contributed by atoms with Gasteiger partial charge in [0.2, 0.25) is 0 Å². The standard InChI is InChI=1S/C9H18O2/c1-3-5-6-7-8-11-9-10-4-2/h5-6H,3-4,7-9H2,1-2H3/b6-5-. The van der Waals surface area contributed by atoms with Crippen molar-refractivity contribution >= 4 is 0 Å². The molecule has 0 radical (unpaired) electrons. The minimum Gasteiger partial charge on any atom is -0.356 e. The predicted molar refractivity (Wildman–Crippen MR) is 46.5 cm³/mol. The number of hydrogen-bond acceptors (Lipinski definition) is 2. The molecule has 66 valence electrons. The minimum absolute atomic E-state index is 0.427. The summed E-state index contributed by atoms with van der Waals surface area (Å²) in [6.45, 7) is 6.00. The van der Waals surface area contributed by atoms with Crippen LogP contribution in [0.25, 0.3) is 0 Å². The molecule has 0 rings (SSSR count). The van der Waals surface area contributed by atoms with Crippen LogP contribution in [0.1, 0.15) is 26.7 Å². The average molecular weight is 158 g/mol. The van der Waals surface area contributed by atoms with E-state index in [-0.39, 0.29) is 0 Å². The lowest BCUT2D eigenvalue weighted by molar-refractivity contribution is -0.0476. The summed E-state index contributed by atoms with van der Waals surface area (Å²) in [5, 5.41) is 0. The largest absolute Gasteiger partial charge is 0.356 e. The maximum Gasteiger partial charge on any atom is 0.146 e. The number of hydrogen-bond donors (Lipinski definition) is 0. The van der Waals surface area contributed by atoms with Crippen LogP contribution in [0, 0.1) is 0 Å². The number of rotatable bonds is 7. The molecule has 0 amide bonds. The van der Waals surface area contributed by atoms with Gasteiger partial charge in [-0.1, -0.05) is 19.1 Å². The highest BCUT2D eigenvalue weighted by Gasteiger charge is 1.83. The monoisotopic (exact) mass is 158 g/mol. The Hall–Kier alpha value is -0.340. The highest BCUT2D eigenvalue weighted by molar-refractivity contribution is 4.79. The highest BCUT2D eigenvalue weighted by Crippen LogP contribution is 1.87. The van der Waals surface area contributed by atoms with E-state index in [0.29, 0.717) is 6.79 Å². The molecule has 0 aromatic heterocycles. The second-order valence-electron chi connectivity index (χ2n) is 2.19. The van der Waals surface area contributed by atoms with E-state index >= 15 is 0 Å². The lowest BCUT2D eigenvalue weighted by Gasteiger charge is -2.00. The molecule has 0 fully saturated rings. The van der Waals surface area contributed by atoms with Gasteiger partial charge in [0.1, 0.15) is 6.79 Å². The van der Waals surface area contributed by atoms with Gasteiger partial charge in [0.15, 0.2) is 0 Å². The Morgan fingerprint density at radius 3 is 2.55 bits per heavy atom. The fourth-order valence-corrected chi connectivity index (χ4v) is 0.637. The summed E-state index contributed by atoms with van der Waals surface area (Å²) < 4.78 is 10.1. The molecule has 0 aliphatic heterocycles. The fraction of sp³-hybridized carbons (Fsp3) is 0.778. The summed E-state index contributed by atoms with van der Waals surface area (Å²) in [4.78, 5) is 0. The van der Waals surface area contributed by atoms with Crippen LogP contribution in [0.15, 0.2) is 12.2 Å². The Morgan fingerprint density at radius 1 is 1.09 bits per heavy atom. The molecule has 0 bridgehead atoms. The smallest absolute Gasteiger partial charge is 0.146 e. The van der Waals surface area contributed by atoms with E-state index in [2.05, 4.69) is 19.1 Å². The topological polar surface area (TPSA) is 18.5 Å². The Labute approximate surface area is 69.2 Å². The molecule has 2 heteroatoms. The Balaban J connectivity index is 2.85. The van der Waals surface area contributed by atoms with Crippen LogP contribution in [0.5, 0.6) is 0 Å². The second-order valence-corrected chi connectivity index (χ2v) is 2.19. The summed E-state index contributed by atoms with van der Waals surface area (Å²) >= 11 is 0. The summed E-state index contributed by atoms with van der Waals surface area (Å²) in [5.41, 5.74) is 0. The van der Waals surface area contributed by atoms with Gasteiger partial charge in [-0.25, -0.2) is 0 Å². The van der Waals surface area contributed by atoms with Crippen LogP contribution in [0.4, 0.5) is 0 Å². The van der Waals surface area contributed by atoms with Gasteiger partial charge in [-0.15, -0.1) is 0 Å². The molecule has 0 unspecified atom stereocenters. The first-order valence-electron chi connectivity index (χ1n) is 4.22. The quantitative estimate of drug-likeness (QED) is 0.322. The van der Waals surface area contributed by atoms with E-state index in [9.17, 15) is 0 Å². The fourth-order valence-electron chi connectivity index (χ4n) is 0.637. The van der Waals surface area contributed by atoms with Crippen molar-refractivity contribution in [1.29, 1.82) is 0 Å². The normalized spacial score (nSPS) is 11.1. The number of ether oxygens (including phenoxy) is 2. The number of allylic oxidation sites excluding steroid dienone is 1. The molecule has 0 aliphatic rings. The van der Waals surface area contributed by atoms with E-state index in [4.69, 9.17) is 9.47 Å². The molecule has 0 saturated carbocycles. The van der Waals surface area contributed by atoms with Gasteiger partial charge in [-0.3, -0.25) is 0 Å². The van der Waals surface area contributed by atoms with E-state index in [1.807, 2.05) is 6.92 Å². The zero-order valence-electron chi connectivity index (χ0n) is 7.51. The third-order valence-electron chi connectivity index (χ3n) is 1.20. The first kappa shape index (κ1) is 10.7. The van der Waals surface area contributed by atoms with Gasteiger partial charge >= 0.3 is 0 Å². The van der Waals surface area contributed by atoms with Crippen LogP contribution < -0.4 is 0 Å². The Kier molecular flexibility index (Phi) is 9.36. The Morgan fingerprint density at radius 2 is 1.91 bits per heavy atom. The molecule has 0 heterocycles. The summed E-state index contributed by atoms with van der Waals surface area (Å²) in [7, 11) is 0. The molecule has 0 aromatic carbocycles. The molecule has 0 aromatic rings. The molecule has 2 nitrogen and oxygen atoms in total. The van der Waals surface area contributed by atoms with Crippen molar-refractivity contribution in [2.24, 2.45) is 0 Å². The van der Waals surface area contributed by atoms with Crippen molar-refractivity contribution in [1.82, 2.24) is 0 Å². The maximum absolute atomic E-state index is 5.15. The lowest BCUT2D eigenvalue weighted by Crippen LogP contribution is -1.99. The van der Waals surface area contributed by atoms with Crippen LogP contribution >= 0.6 is 0 Å². The van der Waals surface area contributed by atoms with E-state index in [0.717, 1.165) is 26.1 Å². The van der Waals surface area contributed by atoms with Gasteiger partial charge in [0.25, 0.3) is 0 Å². The molecular formula is C9H18O2. The van der Waals surface area contributed by atoms with Gasteiger partial charge in [0.05, 0.1) is 6.61 Å². The van der Waals surface area contributed by atoms with Gasteiger partial charge in [-0.2, -0.15) is 0 Å². The van der Waals surface area contributed by atoms with Gasteiger partial charge in [0, 0.05) is 6.61 Å². The third kappa shape index (κ3) is 9.66. The molecule has 0 atom stereocenters. The van der Waals surface area contributed by atoms with Gasteiger partial charge in [-0.05, 0) is 19.8 Å². The zero-order valence-corrected chi connectivity index (χ0v) is 7.51. The van der Waals surface area contributed by atoms with Crippen molar-refractivity contribution in [3.05, 3.63) is 12.2 Å². The zero-order chi connectivity index (χ0) is 8.36. The van der Waals surface area contributed by atoms with E-state index in [1.54, 1.807) is 0 Å². The third-order valence-corrected chi connectivity index (χ3v) is 1.20. The van der Waals surface area contributed by atoms with Crippen molar-refractivity contribution < 1.29 is 9.47 Å². The van der Waals surface area contributed by atoms with E-state index in [1.165, 1.54) is 0 Å². The summed E-state index contributed by atoms with van der Waals surface area (Å²) in [6.07, 6.45) is 6.36. The summed E-state index contributed by atoms with van der Waals surface area (Å²) in [6, 6.07) is 0. The van der Waals surface area contributed by atoms with Crippen molar-refractivity contribution in [3.63, 3.8) is 0 Å². The minimum atomic E-state index is 0.427. The SMILES string of the molecule is CC/C=C\CCOCOCC. The molecular weight excluding hydrogens is 140 g/mol. The summed E-state index contributed by atoms with van der Waals surface area (Å²) in [5.74, 6) is 0. The Bertz CT molecular complexity index is 89.6. The average Bonchev–Trinajstić information content (AvgIpc) is 2.03. The van der Waals surface area contributed by atoms with E-state index < -0.39 is 0 Å². The molecule has 0 aliphatic carbocycles. The van der Waals surface area contributed by atoms with Crippen LogP contribution in [0.2, 0.25) is 0 Å². The predicted octanol–water partition coefficient (Wildman–Crippen LogP) is 2.35. The van der Waals surface area contributed by atoms with Crippen molar-refractivity contribution in [2.45, 2.75) is 26.7 Å². The van der Waals surface area contributed by atoms with Crippen LogP contribution in [-0.4, -0.2) is 20.0 Å². The van der Waals surface area contributed by atoms with Crippen LogP contribution in [-0.2, 0) is 9.47 Å². The first-order valence-corrected chi connectivity index (χ1v) is 4.22. The molecule has 0 N–H and O–H groups in total. The molecule has 0 spiro atoms. The highest BCUT2D eigenvalue weighted by atomic mass is 16.7. The van der Waals surface area contributed by atoms with Crippen molar-refractivity contribution in [3.8, 4) is 0 Å². The first-order chi connectivity index (χ1) is 5.41. The maximum atomic E-state index is 5.15. The second kappa shape index (κ2) is 9.66. The van der Waals surface area contributed by atoms with Gasteiger partial charge < -0.3 is 9.47 Å². The lowest BCUT2D eigenvalue weighted by atomic mass is 10.3. The molecule has 0 saturated heterocycles. The van der Waals surface area contributed by atoms with Crippen molar-refractivity contribution in [2.75, 3.05) is 20.0 Å². The van der Waals surface area contributed by atoms with Crippen LogP contribution in [0.3, 0.4) is 0 Å². The molecule has 11 heavy (non-hydrogen) atoms.